The number of sulfonamides is 1. The van der Waals surface area contributed by atoms with Gasteiger partial charge in [0.05, 0.1) is 11.9 Å². The number of aliphatic carboxylic acids is 1. The largest absolute Gasteiger partial charge is 0.480 e. The van der Waals surface area contributed by atoms with Crippen molar-refractivity contribution in [3.8, 4) is 0 Å². The summed E-state index contributed by atoms with van der Waals surface area (Å²) in [5.74, 6) is -1.50. The van der Waals surface area contributed by atoms with Gasteiger partial charge in [-0.3, -0.25) is 4.79 Å². The molecule has 0 saturated heterocycles. The average molecular weight is 253 g/mol. The van der Waals surface area contributed by atoms with E-state index in [2.05, 4.69) is 4.72 Å². The molecule has 0 fully saturated rings. The Morgan fingerprint density at radius 2 is 1.88 bits per heavy atom. The summed E-state index contributed by atoms with van der Waals surface area (Å²) < 4.78 is 30.3. The highest BCUT2D eigenvalue weighted by molar-refractivity contribution is 7.90. The van der Waals surface area contributed by atoms with Crippen molar-refractivity contribution in [1.29, 1.82) is 0 Å². The van der Waals surface area contributed by atoms with Crippen LogP contribution in [0.4, 0.5) is 0 Å². The zero-order valence-corrected chi connectivity index (χ0v) is 10.7. The molecule has 0 aromatic rings. The van der Waals surface area contributed by atoms with Gasteiger partial charge in [0.15, 0.2) is 0 Å². The van der Waals surface area contributed by atoms with Crippen LogP contribution in [0.5, 0.6) is 0 Å². The van der Waals surface area contributed by atoms with Crippen LogP contribution >= 0.6 is 0 Å². The molecule has 96 valence electrons. The number of carbonyl (C=O) groups is 1. The van der Waals surface area contributed by atoms with E-state index in [9.17, 15) is 13.2 Å². The molecule has 0 aromatic carbocycles. The van der Waals surface area contributed by atoms with Crippen molar-refractivity contribution in [2.24, 2.45) is 5.92 Å². The molecule has 0 aromatic heterocycles. The van der Waals surface area contributed by atoms with Gasteiger partial charge < -0.3 is 9.84 Å². The second-order valence-corrected chi connectivity index (χ2v) is 6.12. The highest BCUT2D eigenvalue weighted by Gasteiger charge is 2.30. The van der Waals surface area contributed by atoms with E-state index in [4.69, 9.17) is 9.84 Å². The second-order valence-electron chi connectivity index (χ2n) is 3.99. The molecule has 2 N–H and O–H groups in total. The third-order valence-corrected chi connectivity index (χ3v) is 3.93. The third-order valence-electron chi connectivity index (χ3n) is 2.16. The Kier molecular flexibility index (Phi) is 5.91. The number of methoxy groups -OCH3 is 1. The normalized spacial score (nSPS) is 16.1. The predicted octanol–water partition coefficient (Wildman–Crippen LogP) is 0.0499. The van der Waals surface area contributed by atoms with E-state index >= 15 is 0 Å². The summed E-state index contributed by atoms with van der Waals surface area (Å²) in [6, 6.07) is -1.11. The van der Waals surface area contributed by atoms with Crippen molar-refractivity contribution in [2.75, 3.05) is 13.7 Å². The number of carboxylic acid groups (broad SMARTS) is 1. The van der Waals surface area contributed by atoms with Gasteiger partial charge in [0, 0.05) is 7.11 Å². The second kappa shape index (κ2) is 6.17. The van der Waals surface area contributed by atoms with Gasteiger partial charge in [-0.05, 0) is 12.8 Å². The molecule has 0 spiro atoms. The van der Waals surface area contributed by atoms with Crippen LogP contribution in [0.1, 0.15) is 20.8 Å². The number of hydrogen-bond acceptors (Lipinski definition) is 4. The van der Waals surface area contributed by atoms with Crippen LogP contribution in [0.2, 0.25) is 0 Å². The topological polar surface area (TPSA) is 92.7 Å². The van der Waals surface area contributed by atoms with Crippen LogP contribution in [-0.2, 0) is 19.6 Å². The maximum Gasteiger partial charge on any atom is 0.321 e. The summed E-state index contributed by atoms with van der Waals surface area (Å²) in [6.45, 7) is 4.77. The lowest BCUT2D eigenvalue weighted by molar-refractivity contribution is -0.140. The van der Waals surface area contributed by atoms with Gasteiger partial charge in [-0.2, -0.15) is 0 Å². The number of rotatable bonds is 7. The first-order valence-electron chi connectivity index (χ1n) is 4.95. The molecule has 2 atom stereocenters. The Bertz CT molecular complexity index is 325. The van der Waals surface area contributed by atoms with Crippen molar-refractivity contribution in [3.05, 3.63) is 0 Å². The van der Waals surface area contributed by atoms with Crippen LogP contribution in [-0.4, -0.2) is 44.5 Å². The van der Waals surface area contributed by atoms with Gasteiger partial charge in [0.25, 0.3) is 0 Å². The lowest BCUT2D eigenvalue weighted by atomic mass is 10.1. The van der Waals surface area contributed by atoms with Gasteiger partial charge in [0.2, 0.25) is 10.0 Å². The quantitative estimate of drug-likeness (QED) is 0.668. The first-order chi connectivity index (χ1) is 7.22. The van der Waals surface area contributed by atoms with Gasteiger partial charge in [0.1, 0.15) is 6.04 Å². The SMILES string of the molecule is COCC(C)S(=O)(=O)N[C@@H](C(=O)O)C(C)C. The number of nitrogens with one attached hydrogen (secondary N) is 1. The fourth-order valence-corrected chi connectivity index (χ4v) is 2.36. The molecule has 0 amide bonds. The molecular weight excluding hydrogens is 234 g/mol. The molecule has 0 aliphatic heterocycles. The van der Waals surface area contributed by atoms with E-state index < -0.39 is 27.3 Å². The summed E-state index contributed by atoms with van der Waals surface area (Å²) in [5, 5.41) is 8.08. The zero-order valence-electron chi connectivity index (χ0n) is 9.93. The van der Waals surface area contributed by atoms with Gasteiger partial charge in [-0.1, -0.05) is 13.8 Å². The third kappa shape index (κ3) is 4.46. The van der Waals surface area contributed by atoms with Crippen molar-refractivity contribution in [3.63, 3.8) is 0 Å². The van der Waals surface area contributed by atoms with Gasteiger partial charge >= 0.3 is 5.97 Å². The number of carboxylic acids is 1. The smallest absolute Gasteiger partial charge is 0.321 e. The summed E-state index contributed by atoms with van der Waals surface area (Å²) in [4.78, 5) is 10.8. The highest BCUT2D eigenvalue weighted by atomic mass is 32.2. The minimum Gasteiger partial charge on any atom is -0.480 e. The molecule has 0 rings (SSSR count). The summed E-state index contributed by atoms with van der Waals surface area (Å²) in [6.07, 6.45) is 0. The predicted molar refractivity (Wildman–Crippen MR) is 59.7 cm³/mol. The van der Waals surface area contributed by atoms with Crippen molar-refractivity contribution >= 4 is 16.0 Å². The molecule has 0 radical (unpaired) electrons. The highest BCUT2D eigenvalue weighted by Crippen LogP contribution is 2.07. The zero-order chi connectivity index (χ0) is 12.9. The standard InChI is InChI=1S/C9H19NO5S/c1-6(2)8(9(11)12)10-16(13,14)7(3)5-15-4/h6-8,10H,5H2,1-4H3,(H,11,12)/t7?,8-/m1/s1. The lowest BCUT2D eigenvalue weighted by Gasteiger charge is -2.20. The van der Waals surface area contributed by atoms with E-state index in [0.29, 0.717) is 0 Å². The van der Waals surface area contributed by atoms with E-state index in [0.717, 1.165) is 0 Å². The molecule has 1 unspecified atom stereocenters. The summed E-state index contributed by atoms with van der Waals surface area (Å²) in [7, 11) is -2.28. The molecule has 0 aliphatic carbocycles. The molecule has 0 heterocycles. The van der Waals surface area contributed by atoms with Crippen LogP contribution in [0, 0.1) is 5.92 Å². The first-order valence-corrected chi connectivity index (χ1v) is 6.50. The molecule has 6 nitrogen and oxygen atoms in total. The van der Waals surface area contributed by atoms with Crippen molar-refractivity contribution < 1.29 is 23.1 Å². The van der Waals surface area contributed by atoms with Crippen molar-refractivity contribution in [1.82, 2.24) is 4.72 Å². The lowest BCUT2D eigenvalue weighted by Crippen LogP contribution is -2.48. The Morgan fingerprint density at radius 3 is 2.19 bits per heavy atom. The minimum absolute atomic E-state index is 0.0275. The Labute approximate surface area is 96.0 Å². The maximum absolute atomic E-state index is 11.7. The van der Waals surface area contributed by atoms with Crippen LogP contribution in [0.15, 0.2) is 0 Å². The monoisotopic (exact) mass is 253 g/mol. The fourth-order valence-electron chi connectivity index (χ4n) is 1.09. The van der Waals surface area contributed by atoms with E-state index in [1.807, 2.05) is 0 Å². The van der Waals surface area contributed by atoms with Crippen LogP contribution in [0.25, 0.3) is 0 Å². The molecule has 0 saturated carbocycles. The van der Waals surface area contributed by atoms with Crippen LogP contribution < -0.4 is 4.72 Å². The molecule has 16 heavy (non-hydrogen) atoms. The first kappa shape index (κ1) is 15.3. The maximum atomic E-state index is 11.7. The number of hydrogen-bond donors (Lipinski definition) is 2. The Balaban J connectivity index is 4.73. The Morgan fingerprint density at radius 1 is 1.38 bits per heavy atom. The molecule has 7 heteroatoms. The number of ether oxygens (including phenoxy) is 1. The molecular formula is C9H19NO5S. The average Bonchev–Trinajstić information content (AvgIpc) is 2.13. The van der Waals surface area contributed by atoms with Crippen molar-refractivity contribution in [2.45, 2.75) is 32.1 Å². The molecule has 0 bridgehead atoms. The van der Waals surface area contributed by atoms with Gasteiger partial charge in [-0.25, -0.2) is 13.1 Å². The van der Waals surface area contributed by atoms with E-state index in [-0.39, 0.29) is 12.5 Å². The fraction of sp³-hybridized carbons (Fsp3) is 0.889. The van der Waals surface area contributed by atoms with E-state index in [1.165, 1.54) is 14.0 Å². The summed E-state index contributed by atoms with van der Waals surface area (Å²) in [5.41, 5.74) is 0. The van der Waals surface area contributed by atoms with Gasteiger partial charge in [-0.15, -0.1) is 0 Å². The van der Waals surface area contributed by atoms with E-state index in [1.54, 1.807) is 13.8 Å². The molecule has 0 aliphatic rings. The van der Waals surface area contributed by atoms with Crippen LogP contribution in [0.3, 0.4) is 0 Å². The minimum atomic E-state index is -3.67. The summed E-state index contributed by atoms with van der Waals surface area (Å²) >= 11 is 0. The Hall–Kier alpha value is -0.660.